The summed E-state index contributed by atoms with van der Waals surface area (Å²) < 4.78 is 30.2. The molecule has 0 bridgehead atoms. The Morgan fingerprint density at radius 1 is 1.27 bits per heavy atom. The molecule has 9 heteroatoms. The Morgan fingerprint density at radius 3 is 2.65 bits per heavy atom. The van der Waals surface area contributed by atoms with E-state index in [2.05, 4.69) is 10.3 Å². The summed E-state index contributed by atoms with van der Waals surface area (Å²) >= 11 is 1.24. The standard InChI is InChI=1S/C17H21N3O4S2/c1-20(2)26(22,23)15-7-8-17(19-11-15)25-12-16(21)18-10-13-5-4-6-14(9-13)24-3/h4-9,11H,10,12H2,1-3H3,(H,18,21). The zero-order valence-electron chi connectivity index (χ0n) is 14.8. The fourth-order valence-electron chi connectivity index (χ4n) is 1.99. The van der Waals surface area contributed by atoms with Crippen LogP contribution in [0.4, 0.5) is 0 Å². The quantitative estimate of drug-likeness (QED) is 0.685. The minimum Gasteiger partial charge on any atom is -0.497 e. The first-order chi connectivity index (χ1) is 12.3. The van der Waals surface area contributed by atoms with Gasteiger partial charge in [0.2, 0.25) is 15.9 Å². The third kappa shape index (κ3) is 5.45. The van der Waals surface area contributed by atoms with E-state index in [4.69, 9.17) is 4.74 Å². The molecule has 26 heavy (non-hydrogen) atoms. The van der Waals surface area contributed by atoms with Crippen LogP contribution < -0.4 is 10.1 Å². The van der Waals surface area contributed by atoms with Gasteiger partial charge in [0.25, 0.3) is 0 Å². The Kier molecular flexibility index (Phi) is 7.01. The lowest BCUT2D eigenvalue weighted by Gasteiger charge is -2.11. The molecule has 1 aromatic carbocycles. The molecular formula is C17H21N3O4S2. The summed E-state index contributed by atoms with van der Waals surface area (Å²) in [5.74, 6) is 0.796. The summed E-state index contributed by atoms with van der Waals surface area (Å²) in [6, 6.07) is 10.5. The number of rotatable bonds is 8. The number of hydrogen-bond acceptors (Lipinski definition) is 6. The van der Waals surface area contributed by atoms with Crippen LogP contribution >= 0.6 is 11.8 Å². The Morgan fingerprint density at radius 2 is 2.04 bits per heavy atom. The highest BCUT2D eigenvalue weighted by Crippen LogP contribution is 2.18. The SMILES string of the molecule is COc1cccc(CNC(=O)CSc2ccc(S(=O)(=O)N(C)C)cn2)c1. The molecule has 2 aromatic rings. The van der Waals surface area contributed by atoms with Gasteiger partial charge in [-0.3, -0.25) is 4.79 Å². The predicted octanol–water partition coefficient (Wildman–Crippen LogP) is 1.75. The molecular weight excluding hydrogens is 374 g/mol. The van der Waals surface area contributed by atoms with Crippen molar-refractivity contribution in [1.29, 1.82) is 0 Å². The summed E-state index contributed by atoms with van der Waals surface area (Å²) in [5.41, 5.74) is 0.944. The van der Waals surface area contributed by atoms with E-state index in [0.717, 1.165) is 15.6 Å². The average molecular weight is 396 g/mol. The van der Waals surface area contributed by atoms with Crippen LogP contribution in [0.3, 0.4) is 0 Å². The number of benzene rings is 1. The van der Waals surface area contributed by atoms with Crippen molar-refractivity contribution in [2.75, 3.05) is 27.0 Å². The second-order valence-corrected chi connectivity index (χ2v) is 8.68. The molecule has 0 radical (unpaired) electrons. The molecule has 1 aromatic heterocycles. The number of ether oxygens (including phenoxy) is 1. The largest absolute Gasteiger partial charge is 0.497 e. The summed E-state index contributed by atoms with van der Waals surface area (Å²) in [7, 11) is 1.02. The van der Waals surface area contributed by atoms with Crippen LogP contribution in [0.1, 0.15) is 5.56 Å². The van der Waals surface area contributed by atoms with Crippen molar-refractivity contribution in [3.05, 3.63) is 48.2 Å². The van der Waals surface area contributed by atoms with Crippen molar-refractivity contribution in [2.45, 2.75) is 16.5 Å². The minimum absolute atomic E-state index is 0.120. The third-order valence-corrected chi connectivity index (χ3v) is 6.21. The lowest BCUT2D eigenvalue weighted by molar-refractivity contribution is -0.118. The minimum atomic E-state index is -3.50. The topological polar surface area (TPSA) is 88.6 Å². The highest BCUT2D eigenvalue weighted by Gasteiger charge is 2.17. The Balaban J connectivity index is 1.85. The zero-order valence-corrected chi connectivity index (χ0v) is 16.4. The van der Waals surface area contributed by atoms with Crippen LogP contribution in [0.15, 0.2) is 52.5 Å². The number of sulfonamides is 1. The van der Waals surface area contributed by atoms with Crippen molar-refractivity contribution in [3.63, 3.8) is 0 Å². The van der Waals surface area contributed by atoms with Gasteiger partial charge in [-0.25, -0.2) is 17.7 Å². The van der Waals surface area contributed by atoms with E-state index in [9.17, 15) is 13.2 Å². The molecule has 0 aliphatic carbocycles. The highest BCUT2D eigenvalue weighted by atomic mass is 32.2. The number of nitrogens with zero attached hydrogens (tertiary/aromatic N) is 2. The number of hydrogen-bond donors (Lipinski definition) is 1. The number of thioether (sulfide) groups is 1. The fraction of sp³-hybridized carbons (Fsp3) is 0.294. The molecule has 1 heterocycles. The average Bonchev–Trinajstić information content (AvgIpc) is 2.65. The van der Waals surface area contributed by atoms with Gasteiger partial charge in [0, 0.05) is 26.8 Å². The number of aromatic nitrogens is 1. The van der Waals surface area contributed by atoms with Crippen LogP contribution in [0.2, 0.25) is 0 Å². The van der Waals surface area contributed by atoms with Crippen LogP contribution in [0.25, 0.3) is 0 Å². The van der Waals surface area contributed by atoms with Gasteiger partial charge in [0.05, 0.1) is 17.9 Å². The maximum atomic E-state index is 12.0. The number of pyridine rings is 1. The number of nitrogens with one attached hydrogen (secondary N) is 1. The maximum absolute atomic E-state index is 12.0. The second-order valence-electron chi connectivity index (χ2n) is 5.54. The lowest BCUT2D eigenvalue weighted by Crippen LogP contribution is -2.24. The molecule has 1 N–H and O–H groups in total. The molecule has 140 valence electrons. The summed E-state index contributed by atoms with van der Waals surface area (Å²) in [4.78, 5) is 16.2. The van der Waals surface area contributed by atoms with Crippen molar-refractivity contribution < 1.29 is 17.9 Å². The van der Waals surface area contributed by atoms with Gasteiger partial charge in [-0.2, -0.15) is 0 Å². The Hall–Kier alpha value is -2.10. The van der Waals surface area contributed by atoms with Gasteiger partial charge in [0.15, 0.2) is 0 Å². The van der Waals surface area contributed by atoms with Gasteiger partial charge in [-0.05, 0) is 29.8 Å². The Bertz CT molecular complexity index is 853. The smallest absolute Gasteiger partial charge is 0.244 e. The van der Waals surface area contributed by atoms with E-state index in [1.807, 2.05) is 24.3 Å². The summed E-state index contributed by atoms with van der Waals surface area (Å²) in [5, 5.41) is 3.41. The summed E-state index contributed by atoms with van der Waals surface area (Å²) in [6.45, 7) is 0.407. The maximum Gasteiger partial charge on any atom is 0.244 e. The van der Waals surface area contributed by atoms with Gasteiger partial charge >= 0.3 is 0 Å². The van der Waals surface area contributed by atoms with Crippen LogP contribution in [-0.2, 0) is 21.4 Å². The number of methoxy groups -OCH3 is 1. The molecule has 7 nitrogen and oxygen atoms in total. The molecule has 0 aliphatic rings. The first-order valence-electron chi connectivity index (χ1n) is 7.74. The second kappa shape index (κ2) is 9.02. The highest BCUT2D eigenvalue weighted by molar-refractivity contribution is 7.99. The molecule has 0 saturated heterocycles. The van der Waals surface area contributed by atoms with E-state index in [0.29, 0.717) is 11.6 Å². The van der Waals surface area contributed by atoms with Gasteiger partial charge in [-0.1, -0.05) is 23.9 Å². The molecule has 0 unspecified atom stereocenters. The monoisotopic (exact) mass is 395 g/mol. The van der Waals surface area contributed by atoms with Crippen LogP contribution in [0.5, 0.6) is 5.75 Å². The van der Waals surface area contributed by atoms with Gasteiger partial charge in [0.1, 0.15) is 10.6 Å². The van der Waals surface area contributed by atoms with Crippen molar-refractivity contribution in [3.8, 4) is 5.75 Å². The lowest BCUT2D eigenvalue weighted by atomic mass is 10.2. The molecule has 0 saturated carbocycles. The van der Waals surface area contributed by atoms with E-state index < -0.39 is 10.0 Å². The van der Waals surface area contributed by atoms with Crippen LogP contribution in [-0.4, -0.2) is 50.6 Å². The van der Waals surface area contributed by atoms with E-state index in [1.54, 1.807) is 13.2 Å². The van der Waals surface area contributed by atoms with Crippen molar-refractivity contribution >= 4 is 27.7 Å². The molecule has 2 rings (SSSR count). The normalized spacial score (nSPS) is 11.4. The first kappa shape index (κ1) is 20.2. The molecule has 0 aliphatic heterocycles. The van der Waals surface area contributed by atoms with E-state index in [-0.39, 0.29) is 16.6 Å². The van der Waals surface area contributed by atoms with E-state index in [1.165, 1.54) is 38.1 Å². The summed E-state index contributed by atoms with van der Waals surface area (Å²) in [6.07, 6.45) is 1.30. The molecule has 0 spiro atoms. The Labute approximate surface area is 157 Å². The predicted molar refractivity (Wildman–Crippen MR) is 101 cm³/mol. The van der Waals surface area contributed by atoms with Gasteiger partial charge in [-0.15, -0.1) is 0 Å². The first-order valence-corrected chi connectivity index (χ1v) is 10.2. The molecule has 1 amide bonds. The number of carbonyl (C=O) groups is 1. The van der Waals surface area contributed by atoms with Crippen molar-refractivity contribution in [1.82, 2.24) is 14.6 Å². The fourth-order valence-corrected chi connectivity index (χ4v) is 3.51. The van der Waals surface area contributed by atoms with Crippen molar-refractivity contribution in [2.24, 2.45) is 0 Å². The third-order valence-electron chi connectivity index (χ3n) is 3.46. The van der Waals surface area contributed by atoms with Crippen LogP contribution in [0, 0.1) is 0 Å². The molecule has 0 fully saturated rings. The number of carbonyl (C=O) groups excluding carboxylic acids is 1. The number of amides is 1. The van der Waals surface area contributed by atoms with E-state index >= 15 is 0 Å². The molecule has 0 atom stereocenters. The van der Waals surface area contributed by atoms with Gasteiger partial charge < -0.3 is 10.1 Å². The zero-order chi connectivity index (χ0) is 19.2.